The third kappa shape index (κ3) is 4.50. The van der Waals surface area contributed by atoms with Crippen LogP contribution in [-0.4, -0.2) is 24.0 Å². The van der Waals surface area contributed by atoms with Gasteiger partial charge in [0.05, 0.1) is 11.1 Å². The van der Waals surface area contributed by atoms with E-state index in [1.807, 2.05) is 13.0 Å². The zero-order valence-corrected chi connectivity index (χ0v) is 16.5. The fourth-order valence-corrected chi connectivity index (χ4v) is 3.20. The van der Waals surface area contributed by atoms with Crippen LogP contribution in [0.1, 0.15) is 35.3 Å². The Balaban J connectivity index is 1.88. The number of halogens is 3. The maximum atomic E-state index is 12.9. The minimum Gasteiger partial charge on any atom is -0.357 e. The quantitative estimate of drug-likeness (QED) is 0.600. The van der Waals surface area contributed by atoms with Crippen molar-refractivity contribution < 1.29 is 18.0 Å². The van der Waals surface area contributed by atoms with E-state index in [1.54, 1.807) is 18.2 Å². The van der Waals surface area contributed by atoms with Crippen LogP contribution in [0.5, 0.6) is 0 Å². The number of alkyl halides is 3. The average molecular weight is 401 g/mol. The molecule has 1 N–H and O–H groups in total. The van der Waals surface area contributed by atoms with Crippen molar-refractivity contribution in [1.29, 1.82) is 0 Å². The number of rotatable bonds is 5. The zero-order chi connectivity index (χ0) is 21.2. The van der Waals surface area contributed by atoms with Crippen molar-refractivity contribution in [3.8, 4) is 0 Å². The molecule has 0 saturated carbocycles. The molecule has 0 atom stereocenters. The van der Waals surface area contributed by atoms with Crippen LogP contribution in [0.15, 0.2) is 48.5 Å². The monoisotopic (exact) mass is 401 g/mol. The van der Waals surface area contributed by atoms with Crippen LogP contribution in [0.2, 0.25) is 0 Å². The van der Waals surface area contributed by atoms with Gasteiger partial charge in [0.2, 0.25) is 0 Å². The van der Waals surface area contributed by atoms with E-state index in [1.165, 1.54) is 12.1 Å². The maximum Gasteiger partial charge on any atom is 0.416 e. The molecule has 0 radical (unpaired) electrons. The van der Waals surface area contributed by atoms with Crippen molar-refractivity contribution in [2.45, 2.75) is 26.9 Å². The van der Waals surface area contributed by atoms with Crippen molar-refractivity contribution in [1.82, 2.24) is 4.98 Å². The zero-order valence-electron chi connectivity index (χ0n) is 16.5. The number of fused-ring (bicyclic) bond motifs is 1. The van der Waals surface area contributed by atoms with E-state index in [0.29, 0.717) is 5.69 Å². The van der Waals surface area contributed by atoms with E-state index in [9.17, 15) is 18.0 Å². The van der Waals surface area contributed by atoms with Crippen LogP contribution in [-0.2, 0) is 6.18 Å². The summed E-state index contributed by atoms with van der Waals surface area (Å²) in [6, 6.07) is 11.6. The molecule has 0 unspecified atom stereocenters. The summed E-state index contributed by atoms with van der Waals surface area (Å²) in [5, 5.41) is 3.55. The van der Waals surface area contributed by atoms with Gasteiger partial charge in [-0.3, -0.25) is 4.79 Å². The lowest BCUT2D eigenvalue weighted by molar-refractivity contribution is -0.137. The fourth-order valence-electron chi connectivity index (χ4n) is 3.20. The summed E-state index contributed by atoms with van der Waals surface area (Å²) in [7, 11) is 0. The number of anilines is 2. The number of carbonyl (C=O) groups is 1. The van der Waals surface area contributed by atoms with Gasteiger partial charge in [-0.2, -0.15) is 13.2 Å². The first-order valence-electron chi connectivity index (χ1n) is 9.38. The standard InChI is InChI=1S/C22H22F3N3O/c1-4-28(5-2)20-11-14(3)18-13-17(9-10-19(18)27-20)26-21(29)15-7-6-8-16(12-15)22(23,24)25/h6-13H,4-5H2,1-3H3,(H,26,29). The summed E-state index contributed by atoms with van der Waals surface area (Å²) in [5.41, 5.74) is 1.40. The molecule has 0 fully saturated rings. The number of benzene rings is 2. The predicted molar refractivity (Wildman–Crippen MR) is 109 cm³/mol. The fraction of sp³-hybridized carbons (Fsp3) is 0.273. The molecule has 1 aromatic heterocycles. The lowest BCUT2D eigenvalue weighted by Crippen LogP contribution is -2.23. The molecule has 0 bridgehead atoms. The Kier molecular flexibility index (Phi) is 5.77. The summed E-state index contributed by atoms with van der Waals surface area (Å²) in [4.78, 5) is 19.3. The molecule has 1 amide bonds. The maximum absolute atomic E-state index is 12.9. The van der Waals surface area contributed by atoms with Gasteiger partial charge in [0.1, 0.15) is 5.82 Å². The van der Waals surface area contributed by atoms with Crippen molar-refractivity contribution in [2.75, 3.05) is 23.3 Å². The molecule has 0 aliphatic carbocycles. The van der Waals surface area contributed by atoms with Crippen LogP contribution >= 0.6 is 0 Å². The Morgan fingerprint density at radius 1 is 1.07 bits per heavy atom. The number of hydrogen-bond donors (Lipinski definition) is 1. The smallest absolute Gasteiger partial charge is 0.357 e. The van der Waals surface area contributed by atoms with Crippen LogP contribution in [0.3, 0.4) is 0 Å². The Morgan fingerprint density at radius 3 is 2.45 bits per heavy atom. The number of carbonyl (C=O) groups excluding carboxylic acids is 1. The number of aromatic nitrogens is 1. The van der Waals surface area contributed by atoms with Gasteiger partial charge in [0, 0.05) is 29.7 Å². The first-order chi connectivity index (χ1) is 13.7. The third-order valence-corrected chi connectivity index (χ3v) is 4.80. The third-order valence-electron chi connectivity index (χ3n) is 4.80. The van der Waals surface area contributed by atoms with Gasteiger partial charge in [0.25, 0.3) is 5.91 Å². The van der Waals surface area contributed by atoms with E-state index in [-0.39, 0.29) is 5.56 Å². The van der Waals surface area contributed by atoms with Crippen molar-refractivity contribution >= 4 is 28.3 Å². The van der Waals surface area contributed by atoms with E-state index in [0.717, 1.165) is 47.5 Å². The van der Waals surface area contributed by atoms with Gasteiger partial charge in [-0.25, -0.2) is 4.98 Å². The molecule has 0 saturated heterocycles. The molecule has 1 heterocycles. The first-order valence-corrected chi connectivity index (χ1v) is 9.38. The van der Waals surface area contributed by atoms with E-state index < -0.39 is 17.6 Å². The van der Waals surface area contributed by atoms with Gasteiger partial charge in [0.15, 0.2) is 0 Å². The van der Waals surface area contributed by atoms with Gasteiger partial charge in [-0.05, 0) is 68.8 Å². The predicted octanol–water partition coefficient (Wildman–Crippen LogP) is 5.66. The highest BCUT2D eigenvalue weighted by atomic mass is 19.4. The molecule has 0 aliphatic heterocycles. The second-order valence-corrected chi connectivity index (χ2v) is 6.73. The highest BCUT2D eigenvalue weighted by Crippen LogP contribution is 2.30. The number of amides is 1. The topological polar surface area (TPSA) is 45.2 Å². The van der Waals surface area contributed by atoms with Gasteiger partial charge in [-0.1, -0.05) is 6.07 Å². The molecular formula is C22H22F3N3O. The average Bonchev–Trinajstić information content (AvgIpc) is 2.69. The lowest BCUT2D eigenvalue weighted by Gasteiger charge is -2.21. The number of pyridine rings is 1. The Labute approximate surface area is 167 Å². The first kappa shape index (κ1) is 20.6. The SMILES string of the molecule is CCN(CC)c1cc(C)c2cc(NC(=O)c3cccc(C(F)(F)F)c3)ccc2n1. The van der Waals surface area contributed by atoms with Crippen LogP contribution in [0, 0.1) is 6.92 Å². The number of nitrogens with zero attached hydrogens (tertiary/aromatic N) is 2. The second-order valence-electron chi connectivity index (χ2n) is 6.73. The molecule has 3 rings (SSSR count). The molecule has 2 aromatic carbocycles. The molecule has 29 heavy (non-hydrogen) atoms. The molecule has 0 spiro atoms. The largest absolute Gasteiger partial charge is 0.416 e. The van der Waals surface area contributed by atoms with Crippen LogP contribution < -0.4 is 10.2 Å². The molecule has 7 heteroatoms. The van der Waals surface area contributed by atoms with Crippen LogP contribution in [0.25, 0.3) is 10.9 Å². The van der Waals surface area contributed by atoms with Crippen molar-refractivity contribution in [2.24, 2.45) is 0 Å². The highest BCUT2D eigenvalue weighted by Gasteiger charge is 2.30. The molecule has 0 aliphatic rings. The van der Waals surface area contributed by atoms with E-state index in [4.69, 9.17) is 0 Å². The minimum atomic E-state index is -4.50. The molecular weight excluding hydrogens is 379 g/mol. The number of aryl methyl sites for hydroxylation is 1. The van der Waals surface area contributed by atoms with E-state index >= 15 is 0 Å². The second kappa shape index (κ2) is 8.11. The summed E-state index contributed by atoms with van der Waals surface area (Å²) in [6.07, 6.45) is -4.50. The van der Waals surface area contributed by atoms with Gasteiger partial charge in [-0.15, -0.1) is 0 Å². The summed E-state index contributed by atoms with van der Waals surface area (Å²) in [6.45, 7) is 7.79. The molecule has 4 nitrogen and oxygen atoms in total. The van der Waals surface area contributed by atoms with Crippen molar-refractivity contribution in [3.05, 3.63) is 65.2 Å². The number of nitrogens with one attached hydrogen (secondary N) is 1. The lowest BCUT2D eigenvalue weighted by atomic mass is 10.1. The summed E-state index contributed by atoms with van der Waals surface area (Å²) < 4.78 is 38.6. The van der Waals surface area contributed by atoms with Crippen molar-refractivity contribution in [3.63, 3.8) is 0 Å². The Hall–Kier alpha value is -3.09. The highest BCUT2D eigenvalue weighted by molar-refractivity contribution is 6.05. The van der Waals surface area contributed by atoms with Gasteiger partial charge < -0.3 is 10.2 Å². The van der Waals surface area contributed by atoms with Gasteiger partial charge >= 0.3 is 6.18 Å². The Morgan fingerprint density at radius 2 is 1.79 bits per heavy atom. The summed E-state index contributed by atoms with van der Waals surface area (Å²) in [5.74, 6) is 0.293. The minimum absolute atomic E-state index is 0.0494. The summed E-state index contributed by atoms with van der Waals surface area (Å²) >= 11 is 0. The number of hydrogen-bond acceptors (Lipinski definition) is 3. The molecule has 3 aromatic rings. The van der Waals surface area contributed by atoms with Crippen LogP contribution in [0.4, 0.5) is 24.7 Å². The molecule has 152 valence electrons. The van der Waals surface area contributed by atoms with E-state index in [2.05, 4.69) is 29.0 Å². The Bertz CT molecular complexity index is 1040. The normalized spacial score (nSPS) is 11.5.